The largest absolute Gasteiger partial charge is 0.481 e. The summed E-state index contributed by atoms with van der Waals surface area (Å²) in [6.45, 7) is 4.53. The smallest absolute Gasteiger partial charge is 0.308 e. The van der Waals surface area contributed by atoms with Gasteiger partial charge in [-0.15, -0.1) is 0 Å². The molecule has 28 heavy (non-hydrogen) atoms. The SMILES string of the molecule is COC(=O)C1CC(c2noc(C3CC(CC(C)C)C3)c2C2CC2)[C@@H](C(=O)O)C1. The van der Waals surface area contributed by atoms with Crippen LogP contribution in [0.4, 0.5) is 0 Å². The molecule has 0 spiro atoms. The number of rotatable bonds is 7. The van der Waals surface area contributed by atoms with E-state index in [2.05, 4.69) is 19.0 Å². The van der Waals surface area contributed by atoms with E-state index in [0.29, 0.717) is 30.6 Å². The molecular formula is C22H31NO5. The Morgan fingerprint density at radius 1 is 1.18 bits per heavy atom. The highest BCUT2D eigenvalue weighted by Crippen LogP contribution is 2.54. The summed E-state index contributed by atoms with van der Waals surface area (Å²) in [4.78, 5) is 23.9. The van der Waals surface area contributed by atoms with Crippen molar-refractivity contribution >= 4 is 11.9 Å². The number of aliphatic carboxylic acids is 1. The highest BCUT2D eigenvalue weighted by molar-refractivity contribution is 5.77. The Labute approximate surface area is 166 Å². The molecule has 6 heteroatoms. The molecule has 3 aliphatic carbocycles. The van der Waals surface area contributed by atoms with Crippen molar-refractivity contribution in [3.63, 3.8) is 0 Å². The highest BCUT2D eigenvalue weighted by atomic mass is 16.5. The van der Waals surface area contributed by atoms with E-state index in [1.807, 2.05) is 0 Å². The molecular weight excluding hydrogens is 358 g/mol. The first-order chi connectivity index (χ1) is 13.4. The van der Waals surface area contributed by atoms with Crippen LogP contribution in [0.1, 0.15) is 93.6 Å². The zero-order valence-electron chi connectivity index (χ0n) is 17.0. The lowest BCUT2D eigenvalue weighted by atomic mass is 9.69. The third-order valence-corrected chi connectivity index (χ3v) is 6.95. The summed E-state index contributed by atoms with van der Waals surface area (Å²) in [6.07, 6.45) is 6.58. The topological polar surface area (TPSA) is 89.6 Å². The quantitative estimate of drug-likeness (QED) is 0.693. The standard InChI is InChI=1S/C22H31NO5/c1-11(2)6-12-7-14(8-12)20-18(13-4-5-13)19(23-28-20)16-9-15(22(26)27-3)10-17(16)21(24)25/h11-17H,4-10H2,1-3H3,(H,24,25)/t12?,14?,15?,16?,17-/m0/s1. The Bertz CT molecular complexity index is 744. The van der Waals surface area contributed by atoms with Gasteiger partial charge in [0.15, 0.2) is 0 Å². The molecule has 1 heterocycles. The van der Waals surface area contributed by atoms with Crippen LogP contribution in [0.2, 0.25) is 0 Å². The second-order valence-corrected chi connectivity index (χ2v) is 9.53. The molecule has 6 nitrogen and oxygen atoms in total. The van der Waals surface area contributed by atoms with Crippen molar-refractivity contribution in [3.05, 3.63) is 17.0 Å². The average molecular weight is 389 g/mol. The predicted molar refractivity (Wildman–Crippen MR) is 102 cm³/mol. The van der Waals surface area contributed by atoms with Gasteiger partial charge in [0.1, 0.15) is 5.76 Å². The molecule has 2 unspecified atom stereocenters. The number of aromatic nitrogens is 1. The molecule has 0 aliphatic heterocycles. The minimum absolute atomic E-state index is 0.263. The van der Waals surface area contributed by atoms with E-state index in [1.54, 1.807) is 0 Å². The Balaban J connectivity index is 1.57. The summed E-state index contributed by atoms with van der Waals surface area (Å²) in [5.41, 5.74) is 1.98. The first-order valence-electron chi connectivity index (χ1n) is 10.7. The number of hydrogen-bond acceptors (Lipinski definition) is 5. The Morgan fingerprint density at radius 3 is 2.46 bits per heavy atom. The van der Waals surface area contributed by atoms with E-state index in [4.69, 9.17) is 9.26 Å². The number of carboxylic acid groups (broad SMARTS) is 1. The van der Waals surface area contributed by atoms with Crippen LogP contribution in [0.3, 0.4) is 0 Å². The molecule has 0 radical (unpaired) electrons. The van der Waals surface area contributed by atoms with Crippen molar-refractivity contribution in [2.45, 2.75) is 76.5 Å². The maximum absolute atomic E-state index is 12.0. The highest BCUT2D eigenvalue weighted by Gasteiger charge is 2.48. The summed E-state index contributed by atoms with van der Waals surface area (Å²) in [7, 11) is 1.36. The fourth-order valence-electron chi connectivity index (χ4n) is 5.45. The first-order valence-corrected chi connectivity index (χ1v) is 10.7. The molecule has 154 valence electrons. The molecule has 1 N–H and O–H groups in total. The molecule has 3 aliphatic rings. The number of hydrogen-bond donors (Lipinski definition) is 1. The van der Waals surface area contributed by atoms with Crippen LogP contribution in [0.15, 0.2) is 4.52 Å². The van der Waals surface area contributed by atoms with Gasteiger partial charge in [-0.25, -0.2) is 0 Å². The van der Waals surface area contributed by atoms with Gasteiger partial charge < -0.3 is 14.4 Å². The van der Waals surface area contributed by atoms with Crippen LogP contribution in [-0.2, 0) is 14.3 Å². The summed E-state index contributed by atoms with van der Waals surface area (Å²) in [6, 6.07) is 0. The van der Waals surface area contributed by atoms with E-state index < -0.39 is 11.9 Å². The van der Waals surface area contributed by atoms with Crippen molar-refractivity contribution in [3.8, 4) is 0 Å². The van der Waals surface area contributed by atoms with Crippen molar-refractivity contribution in [2.75, 3.05) is 7.11 Å². The number of carboxylic acids is 1. The van der Waals surface area contributed by atoms with Crippen LogP contribution >= 0.6 is 0 Å². The van der Waals surface area contributed by atoms with Gasteiger partial charge >= 0.3 is 11.9 Å². The number of esters is 1. The number of carbonyl (C=O) groups excluding carboxylic acids is 1. The van der Waals surface area contributed by atoms with E-state index in [9.17, 15) is 14.7 Å². The van der Waals surface area contributed by atoms with Crippen LogP contribution in [0.25, 0.3) is 0 Å². The molecule has 0 aromatic carbocycles. The molecule has 3 saturated carbocycles. The van der Waals surface area contributed by atoms with Gasteiger partial charge in [0.05, 0.1) is 24.6 Å². The van der Waals surface area contributed by atoms with Crippen molar-refractivity contribution < 1.29 is 24.0 Å². The Kier molecular flexibility index (Phi) is 5.23. The van der Waals surface area contributed by atoms with Gasteiger partial charge in [-0.1, -0.05) is 19.0 Å². The Morgan fingerprint density at radius 2 is 1.89 bits per heavy atom. The minimum atomic E-state index is -0.858. The second-order valence-electron chi connectivity index (χ2n) is 9.53. The van der Waals surface area contributed by atoms with Crippen LogP contribution in [-0.4, -0.2) is 29.3 Å². The monoisotopic (exact) mass is 389 g/mol. The van der Waals surface area contributed by atoms with Gasteiger partial charge in [-0.05, 0) is 62.7 Å². The fourth-order valence-corrected chi connectivity index (χ4v) is 5.45. The molecule has 1 aromatic rings. The lowest BCUT2D eigenvalue weighted by molar-refractivity contribution is -0.145. The summed E-state index contributed by atoms with van der Waals surface area (Å²) >= 11 is 0. The lowest BCUT2D eigenvalue weighted by Crippen LogP contribution is -2.24. The minimum Gasteiger partial charge on any atom is -0.481 e. The number of nitrogens with zero attached hydrogens (tertiary/aromatic N) is 1. The molecule has 0 amide bonds. The van der Waals surface area contributed by atoms with E-state index >= 15 is 0 Å². The van der Waals surface area contributed by atoms with Gasteiger partial charge in [0.2, 0.25) is 0 Å². The number of methoxy groups -OCH3 is 1. The number of carbonyl (C=O) groups is 2. The number of ether oxygens (including phenoxy) is 1. The van der Waals surface area contributed by atoms with Crippen LogP contribution < -0.4 is 0 Å². The van der Waals surface area contributed by atoms with Crippen molar-refractivity contribution in [2.24, 2.45) is 23.7 Å². The average Bonchev–Trinajstić information content (AvgIpc) is 3.20. The van der Waals surface area contributed by atoms with Gasteiger partial charge in [-0.3, -0.25) is 9.59 Å². The zero-order chi connectivity index (χ0) is 20.0. The zero-order valence-corrected chi connectivity index (χ0v) is 17.0. The van der Waals surface area contributed by atoms with E-state index in [1.165, 1.54) is 19.1 Å². The second kappa shape index (κ2) is 7.53. The third kappa shape index (κ3) is 3.58. The van der Waals surface area contributed by atoms with Crippen LogP contribution in [0.5, 0.6) is 0 Å². The van der Waals surface area contributed by atoms with E-state index in [0.717, 1.165) is 43.1 Å². The van der Waals surface area contributed by atoms with Gasteiger partial charge in [-0.2, -0.15) is 0 Å². The van der Waals surface area contributed by atoms with Crippen molar-refractivity contribution in [1.82, 2.24) is 5.16 Å². The maximum Gasteiger partial charge on any atom is 0.308 e. The van der Waals surface area contributed by atoms with Gasteiger partial charge in [0, 0.05) is 17.4 Å². The lowest BCUT2D eigenvalue weighted by Gasteiger charge is -2.35. The van der Waals surface area contributed by atoms with Crippen LogP contribution in [0, 0.1) is 23.7 Å². The maximum atomic E-state index is 12.0. The predicted octanol–water partition coefficient (Wildman–Crippen LogP) is 4.46. The molecule has 3 atom stereocenters. The van der Waals surface area contributed by atoms with Gasteiger partial charge in [0.25, 0.3) is 0 Å². The summed E-state index contributed by atoms with van der Waals surface area (Å²) in [5, 5.41) is 14.2. The molecule has 3 fully saturated rings. The summed E-state index contributed by atoms with van der Waals surface area (Å²) < 4.78 is 10.7. The molecule has 0 bridgehead atoms. The molecule has 1 aromatic heterocycles. The third-order valence-electron chi connectivity index (χ3n) is 6.95. The van der Waals surface area contributed by atoms with E-state index in [-0.39, 0.29) is 17.8 Å². The molecule has 4 rings (SSSR count). The summed E-state index contributed by atoms with van der Waals surface area (Å²) in [5.74, 6) is 0.927. The first kappa shape index (κ1) is 19.5. The normalized spacial score (nSPS) is 32.4. The fraction of sp³-hybridized carbons (Fsp3) is 0.773. The van der Waals surface area contributed by atoms with Crippen molar-refractivity contribution in [1.29, 1.82) is 0 Å². The molecule has 0 saturated heterocycles. The Hall–Kier alpha value is -1.85.